The highest BCUT2D eigenvalue weighted by Gasteiger charge is 2.23. The van der Waals surface area contributed by atoms with Gasteiger partial charge in [0.15, 0.2) is 0 Å². The monoisotopic (exact) mass is 353 g/mol. The molecule has 0 unspecified atom stereocenters. The molecule has 0 N–H and O–H groups in total. The Morgan fingerprint density at radius 3 is 2.35 bits per heavy atom. The lowest BCUT2D eigenvalue weighted by atomic mass is 10.1. The van der Waals surface area contributed by atoms with Crippen molar-refractivity contribution in [1.29, 1.82) is 0 Å². The van der Waals surface area contributed by atoms with Gasteiger partial charge in [0, 0.05) is 52.5 Å². The molecule has 26 heavy (non-hydrogen) atoms. The zero-order chi connectivity index (χ0) is 18.5. The largest absolute Gasteiger partial charge is 0.497 e. The minimum absolute atomic E-state index is 0.00520. The van der Waals surface area contributed by atoms with Gasteiger partial charge >= 0.3 is 0 Å². The maximum Gasteiger partial charge on any atom is 0.255 e. The van der Waals surface area contributed by atoms with Crippen LogP contribution >= 0.6 is 0 Å². The van der Waals surface area contributed by atoms with Crippen LogP contribution in [0.1, 0.15) is 15.9 Å². The lowest BCUT2D eigenvalue weighted by molar-refractivity contribution is 0.0827. The summed E-state index contributed by atoms with van der Waals surface area (Å²) in [5.41, 5.74) is 3.03. The molecule has 2 aromatic carbocycles. The van der Waals surface area contributed by atoms with E-state index in [0.717, 1.165) is 38.4 Å². The second-order valence-corrected chi connectivity index (χ2v) is 6.83. The average molecular weight is 353 g/mol. The first-order chi connectivity index (χ1) is 12.6. The number of nitrogens with zero attached hydrogens (tertiary/aromatic N) is 3. The summed E-state index contributed by atoms with van der Waals surface area (Å²) in [4.78, 5) is 19.0. The Balaban J connectivity index is 1.71. The van der Waals surface area contributed by atoms with Crippen molar-refractivity contribution in [3.8, 4) is 5.75 Å². The van der Waals surface area contributed by atoms with E-state index in [0.29, 0.717) is 11.3 Å². The quantitative estimate of drug-likeness (QED) is 0.828. The van der Waals surface area contributed by atoms with E-state index < -0.39 is 0 Å². The lowest BCUT2D eigenvalue weighted by Crippen LogP contribution is -2.46. The fourth-order valence-electron chi connectivity index (χ4n) is 3.32. The number of carbonyl (C=O) groups excluding carboxylic acids is 1. The van der Waals surface area contributed by atoms with E-state index in [2.05, 4.69) is 40.1 Å². The molecule has 5 heteroatoms. The van der Waals surface area contributed by atoms with Crippen LogP contribution in [0.3, 0.4) is 0 Å². The number of methoxy groups -OCH3 is 1. The molecule has 1 aliphatic heterocycles. The van der Waals surface area contributed by atoms with E-state index in [-0.39, 0.29) is 5.91 Å². The van der Waals surface area contributed by atoms with Crippen molar-refractivity contribution in [1.82, 2.24) is 9.80 Å². The lowest BCUT2D eigenvalue weighted by Gasteiger charge is -2.37. The Bertz CT molecular complexity index is 738. The third-order valence-electron chi connectivity index (χ3n) is 4.80. The van der Waals surface area contributed by atoms with Crippen molar-refractivity contribution < 1.29 is 9.53 Å². The number of ether oxygens (including phenoxy) is 1. The molecule has 1 amide bonds. The van der Waals surface area contributed by atoms with E-state index in [1.165, 1.54) is 5.56 Å². The first-order valence-electron chi connectivity index (χ1n) is 8.99. The molecule has 0 saturated carbocycles. The maximum absolute atomic E-state index is 12.6. The summed E-state index contributed by atoms with van der Waals surface area (Å²) in [7, 11) is 5.19. The summed E-state index contributed by atoms with van der Waals surface area (Å²) in [6.07, 6.45) is 0. The van der Waals surface area contributed by atoms with Crippen LogP contribution < -0.4 is 9.64 Å². The topological polar surface area (TPSA) is 36.0 Å². The number of carbonyl (C=O) groups is 1. The summed E-state index contributed by atoms with van der Waals surface area (Å²) in [5.74, 6) is 0.715. The zero-order valence-electron chi connectivity index (χ0n) is 15.8. The minimum atomic E-state index is 0.00520. The van der Waals surface area contributed by atoms with E-state index in [1.54, 1.807) is 26.1 Å². The van der Waals surface area contributed by atoms with Crippen molar-refractivity contribution in [3.05, 3.63) is 59.7 Å². The predicted molar refractivity (Wildman–Crippen MR) is 105 cm³/mol. The van der Waals surface area contributed by atoms with Gasteiger partial charge in [-0.3, -0.25) is 9.69 Å². The molecule has 2 aromatic rings. The molecule has 0 radical (unpaired) electrons. The molecule has 0 spiro atoms. The highest BCUT2D eigenvalue weighted by Crippen LogP contribution is 2.27. The van der Waals surface area contributed by atoms with Crippen molar-refractivity contribution >= 4 is 11.6 Å². The number of hydrogen-bond acceptors (Lipinski definition) is 4. The van der Waals surface area contributed by atoms with E-state index in [1.807, 2.05) is 18.2 Å². The number of anilines is 1. The minimum Gasteiger partial charge on any atom is -0.497 e. The second-order valence-electron chi connectivity index (χ2n) is 6.83. The molecule has 1 aliphatic rings. The van der Waals surface area contributed by atoms with Crippen molar-refractivity contribution in [2.24, 2.45) is 0 Å². The Kier molecular flexibility index (Phi) is 5.78. The normalized spacial score (nSPS) is 15.0. The SMILES string of the molecule is COc1ccc(N2CCN(Cc3ccccc3)CC2)c(C(=O)N(C)C)c1. The van der Waals surface area contributed by atoms with Gasteiger partial charge in [0.1, 0.15) is 5.75 Å². The Morgan fingerprint density at radius 2 is 1.73 bits per heavy atom. The van der Waals surface area contributed by atoms with Crippen LogP contribution in [-0.2, 0) is 6.54 Å². The first-order valence-corrected chi connectivity index (χ1v) is 8.99. The van der Waals surface area contributed by atoms with Gasteiger partial charge < -0.3 is 14.5 Å². The molecule has 3 rings (SSSR count). The zero-order valence-corrected chi connectivity index (χ0v) is 15.8. The van der Waals surface area contributed by atoms with Crippen LogP contribution in [-0.4, -0.2) is 63.1 Å². The molecule has 1 heterocycles. The third-order valence-corrected chi connectivity index (χ3v) is 4.80. The predicted octanol–water partition coefficient (Wildman–Crippen LogP) is 2.72. The van der Waals surface area contributed by atoms with Crippen LogP contribution in [0.2, 0.25) is 0 Å². The van der Waals surface area contributed by atoms with E-state index >= 15 is 0 Å². The molecule has 0 bridgehead atoms. The van der Waals surface area contributed by atoms with Gasteiger partial charge in [-0.2, -0.15) is 0 Å². The molecule has 1 fully saturated rings. The maximum atomic E-state index is 12.6. The first kappa shape index (κ1) is 18.3. The van der Waals surface area contributed by atoms with Crippen LogP contribution in [0.5, 0.6) is 5.75 Å². The fourth-order valence-corrected chi connectivity index (χ4v) is 3.32. The third kappa shape index (κ3) is 4.17. The van der Waals surface area contributed by atoms with Crippen molar-refractivity contribution in [2.45, 2.75) is 6.54 Å². The number of amides is 1. The molecule has 0 aliphatic carbocycles. The van der Waals surface area contributed by atoms with Gasteiger partial charge in [0.2, 0.25) is 0 Å². The summed E-state index contributed by atoms with van der Waals surface area (Å²) in [5, 5.41) is 0. The highest BCUT2D eigenvalue weighted by atomic mass is 16.5. The van der Waals surface area contributed by atoms with Gasteiger partial charge in [-0.1, -0.05) is 30.3 Å². The summed E-state index contributed by atoms with van der Waals surface area (Å²) >= 11 is 0. The molecule has 5 nitrogen and oxygen atoms in total. The smallest absolute Gasteiger partial charge is 0.255 e. The van der Waals surface area contributed by atoms with Crippen molar-refractivity contribution in [2.75, 3.05) is 52.3 Å². The molecule has 0 atom stereocenters. The van der Waals surface area contributed by atoms with Gasteiger partial charge in [-0.15, -0.1) is 0 Å². The van der Waals surface area contributed by atoms with Gasteiger partial charge in [-0.25, -0.2) is 0 Å². The van der Waals surface area contributed by atoms with Gasteiger partial charge in [0.25, 0.3) is 5.91 Å². The highest BCUT2D eigenvalue weighted by molar-refractivity contribution is 6.00. The second kappa shape index (κ2) is 8.23. The average Bonchev–Trinajstić information content (AvgIpc) is 2.68. The number of hydrogen-bond donors (Lipinski definition) is 0. The van der Waals surface area contributed by atoms with Gasteiger partial charge in [-0.05, 0) is 23.8 Å². The molecule has 138 valence electrons. The van der Waals surface area contributed by atoms with Crippen LogP contribution in [0.25, 0.3) is 0 Å². The standard InChI is InChI=1S/C21H27N3O2/c1-22(2)21(25)19-15-18(26-3)9-10-20(19)24-13-11-23(12-14-24)16-17-7-5-4-6-8-17/h4-10,15H,11-14,16H2,1-3H3. The van der Waals surface area contributed by atoms with E-state index in [9.17, 15) is 4.79 Å². The summed E-state index contributed by atoms with van der Waals surface area (Å²) in [6.45, 7) is 4.76. The Labute approximate surface area is 155 Å². The Morgan fingerprint density at radius 1 is 1.04 bits per heavy atom. The van der Waals surface area contributed by atoms with Gasteiger partial charge in [0.05, 0.1) is 12.7 Å². The van der Waals surface area contributed by atoms with Crippen LogP contribution in [0.4, 0.5) is 5.69 Å². The van der Waals surface area contributed by atoms with Crippen molar-refractivity contribution in [3.63, 3.8) is 0 Å². The summed E-state index contributed by atoms with van der Waals surface area (Å²) < 4.78 is 5.31. The molecular weight excluding hydrogens is 326 g/mol. The van der Waals surface area contributed by atoms with E-state index in [4.69, 9.17) is 4.74 Å². The van der Waals surface area contributed by atoms with Crippen LogP contribution in [0.15, 0.2) is 48.5 Å². The molecule has 1 saturated heterocycles. The number of benzene rings is 2. The summed E-state index contributed by atoms with van der Waals surface area (Å²) in [6, 6.07) is 16.3. The molecule has 0 aromatic heterocycles. The number of rotatable bonds is 5. The molecular formula is C21H27N3O2. The van der Waals surface area contributed by atoms with Crippen LogP contribution in [0, 0.1) is 0 Å². The Hall–Kier alpha value is -2.53. The number of piperazine rings is 1. The fraction of sp³-hybridized carbons (Fsp3) is 0.381.